The Hall–Kier alpha value is -2.63. The van der Waals surface area contributed by atoms with Crippen molar-refractivity contribution in [3.8, 4) is 5.75 Å². The summed E-state index contributed by atoms with van der Waals surface area (Å²) >= 11 is 0. The van der Waals surface area contributed by atoms with E-state index in [-0.39, 0.29) is 23.2 Å². The zero-order valence-corrected chi connectivity index (χ0v) is 14.8. The maximum atomic E-state index is 12.2. The topological polar surface area (TPSA) is 76.1 Å². The molecule has 2 N–H and O–H groups in total. The van der Waals surface area contributed by atoms with E-state index in [2.05, 4.69) is 20.6 Å². The van der Waals surface area contributed by atoms with Crippen LogP contribution in [0.3, 0.4) is 0 Å². The zero-order chi connectivity index (χ0) is 17.7. The molecule has 0 radical (unpaired) electrons. The van der Waals surface area contributed by atoms with Crippen LogP contribution in [0.25, 0.3) is 0 Å². The quantitative estimate of drug-likeness (QED) is 0.874. The summed E-state index contributed by atoms with van der Waals surface area (Å²) in [6.07, 6.45) is 3.13. The lowest BCUT2D eigenvalue weighted by Crippen LogP contribution is -2.27. The van der Waals surface area contributed by atoms with Crippen LogP contribution in [0.15, 0.2) is 36.7 Å². The lowest BCUT2D eigenvalue weighted by atomic mass is 10.1. The van der Waals surface area contributed by atoms with Gasteiger partial charge in [-0.25, -0.2) is 9.97 Å². The van der Waals surface area contributed by atoms with Gasteiger partial charge in [0.15, 0.2) is 0 Å². The molecule has 6 nitrogen and oxygen atoms in total. The van der Waals surface area contributed by atoms with E-state index in [4.69, 9.17) is 4.74 Å². The van der Waals surface area contributed by atoms with E-state index >= 15 is 0 Å². The molecule has 0 atom stereocenters. The lowest BCUT2D eigenvalue weighted by Gasteiger charge is -2.20. The molecule has 0 fully saturated rings. The number of carbonyl (C=O) groups is 1. The largest absolute Gasteiger partial charge is 0.491 e. The predicted molar refractivity (Wildman–Crippen MR) is 95.6 cm³/mol. The molecule has 2 aromatic rings. The van der Waals surface area contributed by atoms with E-state index in [0.717, 1.165) is 5.75 Å². The van der Waals surface area contributed by atoms with Gasteiger partial charge in [-0.15, -0.1) is 0 Å². The van der Waals surface area contributed by atoms with Crippen molar-refractivity contribution in [2.24, 2.45) is 0 Å². The van der Waals surface area contributed by atoms with Crippen molar-refractivity contribution in [1.29, 1.82) is 0 Å². The Morgan fingerprint density at radius 1 is 1.08 bits per heavy atom. The molecular formula is C18H24N4O2. The van der Waals surface area contributed by atoms with Crippen molar-refractivity contribution in [3.63, 3.8) is 0 Å². The molecule has 1 aromatic heterocycles. The van der Waals surface area contributed by atoms with Crippen LogP contribution in [0.2, 0.25) is 0 Å². The highest BCUT2D eigenvalue weighted by Crippen LogP contribution is 2.17. The minimum Gasteiger partial charge on any atom is -0.491 e. The molecule has 1 heterocycles. The molecule has 0 saturated carbocycles. The number of amides is 1. The first-order chi connectivity index (χ1) is 11.2. The van der Waals surface area contributed by atoms with Crippen LogP contribution < -0.4 is 15.4 Å². The molecule has 0 unspecified atom stereocenters. The predicted octanol–water partition coefficient (Wildman–Crippen LogP) is 3.73. The monoisotopic (exact) mass is 328 g/mol. The van der Waals surface area contributed by atoms with E-state index < -0.39 is 0 Å². The van der Waals surface area contributed by atoms with Crippen molar-refractivity contribution in [3.05, 3.63) is 42.4 Å². The van der Waals surface area contributed by atoms with E-state index in [1.165, 1.54) is 6.20 Å². The fourth-order valence-electron chi connectivity index (χ4n) is 1.98. The van der Waals surface area contributed by atoms with Crippen molar-refractivity contribution in [1.82, 2.24) is 9.97 Å². The van der Waals surface area contributed by atoms with E-state index in [0.29, 0.717) is 11.5 Å². The van der Waals surface area contributed by atoms with Crippen molar-refractivity contribution >= 4 is 17.4 Å². The molecular weight excluding hydrogens is 304 g/mol. The Kier molecular flexibility index (Phi) is 5.39. The number of hydrogen-bond donors (Lipinski definition) is 2. The van der Waals surface area contributed by atoms with Crippen LogP contribution in [0.4, 0.5) is 11.5 Å². The fourth-order valence-corrected chi connectivity index (χ4v) is 1.98. The molecule has 6 heteroatoms. The van der Waals surface area contributed by atoms with Crippen molar-refractivity contribution < 1.29 is 9.53 Å². The smallest absolute Gasteiger partial charge is 0.275 e. The minimum atomic E-state index is -0.303. The number of ether oxygens (including phenoxy) is 1. The number of carbonyl (C=O) groups excluding carboxylic acids is 1. The molecule has 1 amide bonds. The summed E-state index contributed by atoms with van der Waals surface area (Å²) in [5, 5.41) is 5.99. The molecule has 0 aliphatic heterocycles. The Morgan fingerprint density at radius 3 is 2.25 bits per heavy atom. The highest BCUT2D eigenvalue weighted by atomic mass is 16.5. The van der Waals surface area contributed by atoms with Gasteiger partial charge in [-0.05, 0) is 58.9 Å². The van der Waals surface area contributed by atoms with Gasteiger partial charge in [0, 0.05) is 11.2 Å². The number of anilines is 2. The standard InChI is InChI=1S/C18H24N4O2/c1-12(2)24-14-8-6-13(7-9-14)21-17(23)15-10-20-16(11-19-15)22-18(3,4)5/h6-12H,1-5H3,(H,20,22)(H,21,23). The average molecular weight is 328 g/mol. The maximum absolute atomic E-state index is 12.2. The fraction of sp³-hybridized carbons (Fsp3) is 0.389. The number of benzene rings is 1. The zero-order valence-electron chi connectivity index (χ0n) is 14.8. The van der Waals surface area contributed by atoms with Gasteiger partial charge >= 0.3 is 0 Å². The van der Waals surface area contributed by atoms with Gasteiger partial charge in [0.25, 0.3) is 5.91 Å². The third-order valence-electron chi connectivity index (χ3n) is 2.87. The van der Waals surface area contributed by atoms with Crippen molar-refractivity contribution in [2.75, 3.05) is 10.6 Å². The number of rotatable bonds is 5. The molecule has 0 aliphatic rings. The molecule has 0 aliphatic carbocycles. The molecule has 0 spiro atoms. The summed E-state index contributed by atoms with van der Waals surface area (Å²) in [6.45, 7) is 10.0. The average Bonchev–Trinajstić information content (AvgIpc) is 2.48. The van der Waals surface area contributed by atoms with Gasteiger partial charge in [0.2, 0.25) is 0 Å². The first kappa shape index (κ1) is 17.7. The van der Waals surface area contributed by atoms with Gasteiger partial charge < -0.3 is 15.4 Å². The van der Waals surface area contributed by atoms with Gasteiger partial charge in [-0.1, -0.05) is 0 Å². The second-order valence-corrected chi connectivity index (χ2v) is 6.81. The van der Waals surface area contributed by atoms with Crippen molar-refractivity contribution in [2.45, 2.75) is 46.3 Å². The normalized spacial score (nSPS) is 11.2. The highest BCUT2D eigenvalue weighted by molar-refractivity contribution is 6.02. The molecule has 0 bridgehead atoms. The van der Waals surface area contributed by atoms with E-state index in [1.807, 2.05) is 46.8 Å². The van der Waals surface area contributed by atoms with Crippen LogP contribution in [0, 0.1) is 0 Å². The van der Waals surface area contributed by atoms with Crippen LogP contribution in [-0.2, 0) is 0 Å². The summed E-state index contributed by atoms with van der Waals surface area (Å²) in [4.78, 5) is 20.6. The molecule has 2 rings (SSSR count). The molecule has 128 valence electrons. The molecule has 24 heavy (non-hydrogen) atoms. The maximum Gasteiger partial charge on any atom is 0.275 e. The van der Waals surface area contributed by atoms with Crippen LogP contribution in [-0.4, -0.2) is 27.5 Å². The summed E-state index contributed by atoms with van der Waals surface area (Å²) < 4.78 is 5.57. The van der Waals surface area contributed by atoms with E-state index in [1.54, 1.807) is 18.3 Å². The Bertz CT molecular complexity index is 674. The lowest BCUT2D eigenvalue weighted by molar-refractivity contribution is 0.102. The number of nitrogens with one attached hydrogen (secondary N) is 2. The summed E-state index contributed by atoms with van der Waals surface area (Å²) in [5.41, 5.74) is 0.824. The Balaban J connectivity index is 1.99. The number of nitrogens with zero attached hydrogens (tertiary/aromatic N) is 2. The summed E-state index contributed by atoms with van der Waals surface area (Å²) in [7, 11) is 0. The highest BCUT2D eigenvalue weighted by Gasteiger charge is 2.12. The first-order valence-electron chi connectivity index (χ1n) is 7.91. The van der Waals surface area contributed by atoms with Gasteiger partial charge in [-0.3, -0.25) is 4.79 Å². The van der Waals surface area contributed by atoms with Crippen LogP contribution >= 0.6 is 0 Å². The summed E-state index contributed by atoms with van der Waals surface area (Å²) in [6, 6.07) is 7.21. The molecule has 0 saturated heterocycles. The summed E-state index contributed by atoms with van der Waals surface area (Å²) in [5.74, 6) is 1.09. The molecule has 1 aromatic carbocycles. The number of hydrogen-bond acceptors (Lipinski definition) is 5. The van der Waals surface area contributed by atoms with E-state index in [9.17, 15) is 4.79 Å². The van der Waals surface area contributed by atoms with Gasteiger partial charge in [-0.2, -0.15) is 0 Å². The second-order valence-electron chi connectivity index (χ2n) is 6.81. The number of aromatic nitrogens is 2. The second kappa shape index (κ2) is 7.29. The van der Waals surface area contributed by atoms with Crippen LogP contribution in [0.5, 0.6) is 5.75 Å². The third kappa shape index (κ3) is 5.53. The first-order valence-corrected chi connectivity index (χ1v) is 7.91. The Morgan fingerprint density at radius 2 is 1.75 bits per heavy atom. The Labute approximate surface area is 142 Å². The van der Waals surface area contributed by atoms with Gasteiger partial charge in [0.1, 0.15) is 17.3 Å². The van der Waals surface area contributed by atoms with Crippen LogP contribution in [0.1, 0.15) is 45.1 Å². The third-order valence-corrected chi connectivity index (χ3v) is 2.87. The SMILES string of the molecule is CC(C)Oc1ccc(NC(=O)c2cnc(NC(C)(C)C)cn2)cc1. The minimum absolute atomic E-state index is 0.112. The van der Waals surface area contributed by atoms with Gasteiger partial charge in [0.05, 0.1) is 18.5 Å².